The van der Waals surface area contributed by atoms with Gasteiger partial charge in [-0.25, -0.2) is 5.01 Å². The molecule has 5 nitrogen and oxygen atoms in total. The van der Waals surface area contributed by atoms with Crippen molar-refractivity contribution < 1.29 is 14.3 Å². The second-order valence-electron chi connectivity index (χ2n) is 7.44. The van der Waals surface area contributed by atoms with E-state index in [9.17, 15) is 9.59 Å². The standard InChI is InChI=1S/C24H24N2O3/c1-17(27)29-16-22(28)26-24(19-11-6-3-7-12-19)21-14-8-13-20(23(21)25-26)15-18-9-4-2-5-10-18/h2-7,9-12,15,21,24H,8,13-14,16H2,1H3/b20-15+/t21-,24+/m0/s1. The molecule has 2 aromatic rings. The molecule has 0 aromatic heterocycles. The molecule has 0 saturated heterocycles. The minimum absolute atomic E-state index is 0.141. The number of hydrazone groups is 1. The van der Waals surface area contributed by atoms with Crippen molar-refractivity contribution in [3.63, 3.8) is 0 Å². The Morgan fingerprint density at radius 2 is 1.79 bits per heavy atom. The summed E-state index contributed by atoms with van der Waals surface area (Å²) in [6.07, 6.45) is 5.14. The number of amides is 1. The Morgan fingerprint density at radius 3 is 2.48 bits per heavy atom. The topological polar surface area (TPSA) is 59.0 Å². The highest BCUT2D eigenvalue weighted by molar-refractivity contribution is 6.08. The Bertz CT molecular complexity index is 951. The minimum atomic E-state index is -0.469. The molecule has 1 aliphatic carbocycles. The predicted molar refractivity (Wildman–Crippen MR) is 112 cm³/mol. The molecule has 148 valence electrons. The third-order valence-electron chi connectivity index (χ3n) is 5.44. The smallest absolute Gasteiger partial charge is 0.303 e. The second-order valence-corrected chi connectivity index (χ2v) is 7.44. The fourth-order valence-electron chi connectivity index (χ4n) is 4.17. The van der Waals surface area contributed by atoms with Crippen LogP contribution in [0.25, 0.3) is 6.08 Å². The number of hydrogen-bond donors (Lipinski definition) is 0. The summed E-state index contributed by atoms with van der Waals surface area (Å²) < 4.78 is 4.96. The number of allylic oxidation sites excluding steroid dienone is 1. The van der Waals surface area contributed by atoms with Gasteiger partial charge in [0.2, 0.25) is 0 Å². The van der Waals surface area contributed by atoms with Crippen molar-refractivity contribution in [1.82, 2.24) is 5.01 Å². The Morgan fingerprint density at radius 1 is 1.10 bits per heavy atom. The molecule has 1 saturated carbocycles. The first kappa shape index (κ1) is 19.1. The zero-order valence-corrected chi connectivity index (χ0v) is 16.5. The first-order valence-electron chi connectivity index (χ1n) is 9.98. The van der Waals surface area contributed by atoms with Crippen LogP contribution >= 0.6 is 0 Å². The quantitative estimate of drug-likeness (QED) is 0.731. The van der Waals surface area contributed by atoms with Crippen LogP contribution in [-0.4, -0.2) is 29.2 Å². The molecule has 0 spiro atoms. The van der Waals surface area contributed by atoms with Crippen molar-refractivity contribution >= 4 is 23.7 Å². The third-order valence-corrected chi connectivity index (χ3v) is 5.44. The largest absolute Gasteiger partial charge is 0.456 e. The first-order chi connectivity index (χ1) is 14.1. The zero-order valence-electron chi connectivity index (χ0n) is 16.5. The third kappa shape index (κ3) is 4.14. The fraction of sp³-hybridized carbons (Fsp3) is 0.292. The van der Waals surface area contributed by atoms with E-state index in [1.165, 1.54) is 17.5 Å². The molecule has 0 radical (unpaired) electrons. The maximum absolute atomic E-state index is 12.9. The summed E-state index contributed by atoms with van der Waals surface area (Å²) in [6, 6.07) is 20.0. The normalized spacial score (nSPS) is 22.2. The highest BCUT2D eigenvalue weighted by atomic mass is 16.5. The molecule has 29 heavy (non-hydrogen) atoms. The van der Waals surface area contributed by atoms with E-state index < -0.39 is 5.97 Å². The summed E-state index contributed by atoms with van der Waals surface area (Å²) in [5.74, 6) is -0.624. The molecule has 0 N–H and O–H groups in total. The van der Waals surface area contributed by atoms with E-state index in [1.54, 1.807) is 0 Å². The number of fused-ring (bicyclic) bond motifs is 1. The van der Waals surface area contributed by atoms with E-state index >= 15 is 0 Å². The highest BCUT2D eigenvalue weighted by Gasteiger charge is 2.43. The van der Waals surface area contributed by atoms with Gasteiger partial charge in [-0.15, -0.1) is 0 Å². The Hall–Kier alpha value is -3.21. The van der Waals surface area contributed by atoms with Crippen molar-refractivity contribution in [1.29, 1.82) is 0 Å². The van der Waals surface area contributed by atoms with Crippen LogP contribution in [0.4, 0.5) is 0 Å². The van der Waals surface area contributed by atoms with Crippen LogP contribution in [0, 0.1) is 5.92 Å². The molecule has 0 unspecified atom stereocenters. The number of hydrogen-bond acceptors (Lipinski definition) is 4. The lowest BCUT2D eigenvalue weighted by atomic mass is 9.77. The molecular formula is C24H24N2O3. The van der Waals surface area contributed by atoms with Gasteiger partial charge < -0.3 is 4.74 Å². The minimum Gasteiger partial charge on any atom is -0.456 e. The van der Waals surface area contributed by atoms with E-state index in [4.69, 9.17) is 9.84 Å². The van der Waals surface area contributed by atoms with E-state index in [2.05, 4.69) is 18.2 Å². The van der Waals surface area contributed by atoms with E-state index in [1.807, 2.05) is 48.5 Å². The monoisotopic (exact) mass is 388 g/mol. The Labute approximate surface area is 170 Å². The van der Waals surface area contributed by atoms with Gasteiger partial charge in [0.1, 0.15) is 0 Å². The van der Waals surface area contributed by atoms with Crippen molar-refractivity contribution in [2.45, 2.75) is 32.2 Å². The molecule has 2 aromatic carbocycles. The van der Waals surface area contributed by atoms with Crippen molar-refractivity contribution in [2.24, 2.45) is 11.0 Å². The summed E-state index contributed by atoms with van der Waals surface area (Å²) in [7, 11) is 0. The molecule has 2 aliphatic rings. The van der Waals surface area contributed by atoms with Crippen LogP contribution in [0.2, 0.25) is 0 Å². The van der Waals surface area contributed by atoms with Gasteiger partial charge in [0, 0.05) is 12.8 Å². The van der Waals surface area contributed by atoms with E-state index in [0.717, 1.165) is 36.1 Å². The molecule has 0 bridgehead atoms. The van der Waals surface area contributed by atoms with Gasteiger partial charge in [0.05, 0.1) is 11.8 Å². The maximum Gasteiger partial charge on any atom is 0.303 e. The molecule has 4 rings (SSSR count). The zero-order chi connectivity index (χ0) is 20.2. The lowest BCUT2D eigenvalue weighted by Crippen LogP contribution is -2.34. The number of benzene rings is 2. The SMILES string of the molecule is CC(=O)OCC(=O)N1N=C2/C(=C/c3ccccc3)CCC[C@@H]2[C@H]1c1ccccc1. The number of carbonyl (C=O) groups is 2. The summed E-state index contributed by atoms with van der Waals surface area (Å²) in [5, 5.41) is 6.29. The van der Waals surface area contributed by atoms with Crippen LogP contribution in [-0.2, 0) is 14.3 Å². The second kappa shape index (κ2) is 8.43. The molecule has 1 heterocycles. The van der Waals surface area contributed by atoms with Crippen molar-refractivity contribution in [2.75, 3.05) is 6.61 Å². The van der Waals surface area contributed by atoms with Gasteiger partial charge in [0.15, 0.2) is 6.61 Å². The van der Waals surface area contributed by atoms with Crippen LogP contribution in [0.5, 0.6) is 0 Å². The average Bonchev–Trinajstić information content (AvgIpc) is 3.14. The molecule has 5 heteroatoms. The van der Waals surface area contributed by atoms with E-state index in [-0.39, 0.29) is 24.5 Å². The molecule has 1 amide bonds. The Balaban J connectivity index is 1.70. The number of rotatable bonds is 4. The van der Waals surface area contributed by atoms with Gasteiger partial charge >= 0.3 is 5.97 Å². The van der Waals surface area contributed by atoms with Crippen LogP contribution in [0.1, 0.15) is 43.4 Å². The molecule has 1 aliphatic heterocycles. The number of nitrogens with zero attached hydrogens (tertiary/aromatic N) is 2. The average molecular weight is 388 g/mol. The highest BCUT2D eigenvalue weighted by Crippen LogP contribution is 2.44. The van der Waals surface area contributed by atoms with Gasteiger partial charge in [-0.05, 0) is 42.0 Å². The van der Waals surface area contributed by atoms with E-state index in [0.29, 0.717) is 0 Å². The predicted octanol–water partition coefficient (Wildman–Crippen LogP) is 4.37. The number of ether oxygens (including phenoxy) is 1. The van der Waals surface area contributed by atoms with Gasteiger partial charge in [0.25, 0.3) is 5.91 Å². The summed E-state index contributed by atoms with van der Waals surface area (Å²) in [6.45, 7) is 1.01. The molecular weight excluding hydrogens is 364 g/mol. The fourth-order valence-corrected chi connectivity index (χ4v) is 4.17. The number of carbonyl (C=O) groups excluding carboxylic acids is 2. The summed E-state index contributed by atoms with van der Waals surface area (Å²) in [5.41, 5.74) is 4.33. The van der Waals surface area contributed by atoms with Gasteiger partial charge in [-0.1, -0.05) is 60.7 Å². The van der Waals surface area contributed by atoms with Gasteiger partial charge in [-0.2, -0.15) is 5.10 Å². The maximum atomic E-state index is 12.9. The summed E-state index contributed by atoms with van der Waals surface area (Å²) in [4.78, 5) is 24.0. The first-order valence-corrected chi connectivity index (χ1v) is 9.98. The molecule has 2 atom stereocenters. The van der Waals surface area contributed by atoms with Crippen molar-refractivity contribution in [3.8, 4) is 0 Å². The van der Waals surface area contributed by atoms with Crippen LogP contribution in [0.3, 0.4) is 0 Å². The van der Waals surface area contributed by atoms with Crippen LogP contribution < -0.4 is 0 Å². The molecule has 1 fully saturated rings. The van der Waals surface area contributed by atoms with Crippen LogP contribution in [0.15, 0.2) is 71.3 Å². The van der Waals surface area contributed by atoms with Crippen molar-refractivity contribution in [3.05, 3.63) is 77.4 Å². The lowest BCUT2D eigenvalue weighted by Gasteiger charge is -2.29. The Kier molecular flexibility index (Phi) is 5.56. The number of esters is 1. The summed E-state index contributed by atoms with van der Waals surface area (Å²) >= 11 is 0. The van der Waals surface area contributed by atoms with Gasteiger partial charge in [-0.3, -0.25) is 9.59 Å². The lowest BCUT2D eigenvalue weighted by molar-refractivity contribution is -0.151.